The molecule has 2 N–H and O–H groups in total. The van der Waals surface area contributed by atoms with E-state index in [2.05, 4.69) is 10.1 Å². The van der Waals surface area contributed by atoms with Gasteiger partial charge < -0.3 is 19.9 Å². The molecule has 1 aromatic rings. The molecule has 0 aliphatic carbocycles. The summed E-state index contributed by atoms with van der Waals surface area (Å²) in [6.45, 7) is 1.61. The second kappa shape index (κ2) is 5.90. The first kappa shape index (κ1) is 13.8. The molecule has 6 nitrogen and oxygen atoms in total. The van der Waals surface area contributed by atoms with Crippen molar-refractivity contribution < 1.29 is 24.2 Å². The molecular weight excluding hydrogens is 238 g/mol. The van der Waals surface area contributed by atoms with E-state index in [-0.39, 0.29) is 5.56 Å². The molecule has 1 unspecified atom stereocenters. The van der Waals surface area contributed by atoms with Crippen molar-refractivity contribution in [3.8, 4) is 5.75 Å². The van der Waals surface area contributed by atoms with Gasteiger partial charge in [0, 0.05) is 0 Å². The third kappa shape index (κ3) is 3.13. The Kier molecular flexibility index (Phi) is 4.53. The van der Waals surface area contributed by atoms with Gasteiger partial charge in [-0.25, -0.2) is 9.59 Å². The zero-order valence-electron chi connectivity index (χ0n) is 10.4. The average Bonchev–Trinajstić information content (AvgIpc) is 2.37. The summed E-state index contributed by atoms with van der Waals surface area (Å²) >= 11 is 0. The van der Waals surface area contributed by atoms with Gasteiger partial charge in [0.1, 0.15) is 11.8 Å². The lowest BCUT2D eigenvalue weighted by Gasteiger charge is -2.16. The van der Waals surface area contributed by atoms with E-state index in [4.69, 9.17) is 9.84 Å². The van der Waals surface area contributed by atoms with Crippen LogP contribution < -0.4 is 10.1 Å². The zero-order chi connectivity index (χ0) is 13.7. The quantitative estimate of drug-likeness (QED) is 0.771. The van der Waals surface area contributed by atoms with Crippen molar-refractivity contribution in [3.63, 3.8) is 0 Å². The summed E-state index contributed by atoms with van der Waals surface area (Å²) in [7, 11) is 2.75. The van der Waals surface area contributed by atoms with Gasteiger partial charge in [0.2, 0.25) is 0 Å². The summed E-state index contributed by atoms with van der Waals surface area (Å²) in [5.74, 6) is -1.04. The van der Waals surface area contributed by atoms with Crippen LogP contribution >= 0.6 is 0 Å². The average molecular weight is 253 g/mol. The van der Waals surface area contributed by atoms with Crippen molar-refractivity contribution in [2.24, 2.45) is 0 Å². The van der Waals surface area contributed by atoms with Gasteiger partial charge in [-0.1, -0.05) is 0 Å². The van der Waals surface area contributed by atoms with Crippen LogP contribution in [0.25, 0.3) is 0 Å². The number of carbonyl (C=O) groups excluding carboxylic acids is 1. The number of rotatable bonds is 5. The van der Waals surface area contributed by atoms with E-state index in [1.165, 1.54) is 32.4 Å². The number of benzene rings is 1. The van der Waals surface area contributed by atoms with Crippen molar-refractivity contribution in [1.82, 2.24) is 0 Å². The fraction of sp³-hybridized carbons (Fsp3) is 0.333. The Bertz CT molecular complexity index is 458. The lowest BCUT2D eigenvalue weighted by Crippen LogP contribution is -2.27. The lowest BCUT2D eigenvalue weighted by molar-refractivity contribution is -0.141. The zero-order valence-corrected chi connectivity index (χ0v) is 10.4. The van der Waals surface area contributed by atoms with Crippen LogP contribution in [-0.2, 0) is 9.53 Å². The van der Waals surface area contributed by atoms with Crippen molar-refractivity contribution in [3.05, 3.63) is 23.8 Å². The summed E-state index contributed by atoms with van der Waals surface area (Å²) in [6.07, 6.45) is 0. The Labute approximate surface area is 105 Å². The standard InChI is InChI=1S/C12H15NO5/c1-7(12(16)18-3)13-9-6-8(11(14)15)4-5-10(9)17-2/h4-7,13H,1-3H3,(H,14,15). The van der Waals surface area contributed by atoms with Crippen LogP contribution in [0.15, 0.2) is 18.2 Å². The van der Waals surface area contributed by atoms with Gasteiger partial charge in [0.15, 0.2) is 0 Å². The highest BCUT2D eigenvalue weighted by Crippen LogP contribution is 2.26. The van der Waals surface area contributed by atoms with Crippen molar-refractivity contribution in [1.29, 1.82) is 0 Å². The van der Waals surface area contributed by atoms with Gasteiger partial charge >= 0.3 is 11.9 Å². The third-order valence-corrected chi connectivity index (χ3v) is 2.37. The van der Waals surface area contributed by atoms with E-state index in [1.54, 1.807) is 6.92 Å². The number of carboxylic acid groups (broad SMARTS) is 1. The first-order valence-corrected chi connectivity index (χ1v) is 5.25. The molecule has 18 heavy (non-hydrogen) atoms. The van der Waals surface area contributed by atoms with Crippen LogP contribution in [0, 0.1) is 0 Å². The van der Waals surface area contributed by atoms with Gasteiger partial charge in [-0.2, -0.15) is 0 Å². The highest BCUT2D eigenvalue weighted by molar-refractivity contribution is 5.90. The molecule has 1 aromatic carbocycles. The molecule has 0 spiro atoms. The van der Waals surface area contributed by atoms with Crippen LogP contribution in [0.2, 0.25) is 0 Å². The molecule has 0 saturated heterocycles. The maximum Gasteiger partial charge on any atom is 0.335 e. The number of nitrogens with one attached hydrogen (secondary N) is 1. The SMILES string of the molecule is COC(=O)C(C)Nc1cc(C(=O)O)ccc1OC. The molecule has 0 aliphatic heterocycles. The molecule has 0 radical (unpaired) electrons. The Hall–Kier alpha value is -2.24. The van der Waals surface area contributed by atoms with Gasteiger partial charge in [-0.05, 0) is 25.1 Å². The highest BCUT2D eigenvalue weighted by atomic mass is 16.5. The normalized spacial score (nSPS) is 11.5. The fourth-order valence-electron chi connectivity index (χ4n) is 1.42. The van der Waals surface area contributed by atoms with Crippen LogP contribution in [0.1, 0.15) is 17.3 Å². The monoisotopic (exact) mass is 253 g/mol. The van der Waals surface area contributed by atoms with Crippen LogP contribution in [0.5, 0.6) is 5.75 Å². The number of hydrogen-bond donors (Lipinski definition) is 2. The first-order valence-electron chi connectivity index (χ1n) is 5.25. The van der Waals surface area contributed by atoms with E-state index in [9.17, 15) is 9.59 Å². The van der Waals surface area contributed by atoms with Crippen LogP contribution in [0.3, 0.4) is 0 Å². The number of carboxylic acids is 1. The minimum Gasteiger partial charge on any atom is -0.495 e. The van der Waals surface area contributed by atoms with E-state index < -0.39 is 18.0 Å². The molecule has 0 fully saturated rings. The lowest BCUT2D eigenvalue weighted by atomic mass is 10.1. The molecule has 0 aromatic heterocycles. The number of carbonyl (C=O) groups is 2. The smallest absolute Gasteiger partial charge is 0.335 e. The predicted octanol–water partition coefficient (Wildman–Crippen LogP) is 1.37. The predicted molar refractivity (Wildman–Crippen MR) is 65.1 cm³/mol. The number of methoxy groups -OCH3 is 2. The molecule has 98 valence electrons. The number of anilines is 1. The molecule has 1 rings (SSSR count). The summed E-state index contributed by atoms with van der Waals surface area (Å²) in [5.41, 5.74) is 0.533. The number of aromatic carboxylic acids is 1. The second-order valence-electron chi connectivity index (χ2n) is 3.61. The van der Waals surface area contributed by atoms with Crippen LogP contribution in [-0.4, -0.2) is 37.3 Å². The Balaban J connectivity index is 3.01. The van der Waals surface area contributed by atoms with Crippen molar-refractivity contribution >= 4 is 17.6 Å². The van der Waals surface area contributed by atoms with Crippen LogP contribution in [0.4, 0.5) is 5.69 Å². The topological polar surface area (TPSA) is 84.9 Å². The molecule has 1 atom stereocenters. The molecular formula is C12H15NO5. The fourth-order valence-corrected chi connectivity index (χ4v) is 1.42. The van der Waals surface area contributed by atoms with E-state index in [0.717, 1.165) is 0 Å². The number of esters is 1. The maximum atomic E-state index is 11.3. The summed E-state index contributed by atoms with van der Waals surface area (Å²) in [4.78, 5) is 22.2. The van der Waals surface area contributed by atoms with Gasteiger partial charge in [0.05, 0.1) is 25.5 Å². The van der Waals surface area contributed by atoms with Gasteiger partial charge in [-0.15, -0.1) is 0 Å². The Morgan fingerprint density at radius 3 is 2.50 bits per heavy atom. The maximum absolute atomic E-state index is 11.3. The molecule has 0 aliphatic rings. The molecule has 0 amide bonds. The number of ether oxygens (including phenoxy) is 2. The van der Waals surface area contributed by atoms with E-state index in [0.29, 0.717) is 11.4 Å². The second-order valence-corrected chi connectivity index (χ2v) is 3.61. The van der Waals surface area contributed by atoms with Gasteiger partial charge in [0.25, 0.3) is 0 Å². The largest absolute Gasteiger partial charge is 0.495 e. The third-order valence-electron chi connectivity index (χ3n) is 2.37. The van der Waals surface area contributed by atoms with Gasteiger partial charge in [-0.3, -0.25) is 0 Å². The minimum atomic E-state index is -1.05. The number of hydrogen-bond acceptors (Lipinski definition) is 5. The van der Waals surface area contributed by atoms with Crippen molar-refractivity contribution in [2.45, 2.75) is 13.0 Å². The molecule has 6 heteroatoms. The van der Waals surface area contributed by atoms with E-state index in [1.807, 2.05) is 0 Å². The first-order chi connectivity index (χ1) is 8.49. The molecule has 0 heterocycles. The minimum absolute atomic E-state index is 0.107. The summed E-state index contributed by atoms with van der Waals surface area (Å²) < 4.78 is 9.66. The Morgan fingerprint density at radius 2 is 2.00 bits per heavy atom. The highest BCUT2D eigenvalue weighted by Gasteiger charge is 2.16. The summed E-state index contributed by atoms with van der Waals surface area (Å²) in [5, 5.41) is 11.7. The van der Waals surface area contributed by atoms with Crippen molar-refractivity contribution in [2.75, 3.05) is 19.5 Å². The Morgan fingerprint density at radius 1 is 1.33 bits per heavy atom. The molecule has 0 bridgehead atoms. The molecule has 0 saturated carbocycles. The van der Waals surface area contributed by atoms with E-state index >= 15 is 0 Å². The summed E-state index contributed by atoms with van der Waals surface area (Å²) in [6, 6.07) is 3.75.